The maximum absolute atomic E-state index is 10.1. The predicted molar refractivity (Wildman–Crippen MR) is 109 cm³/mol. The van der Waals surface area contributed by atoms with Crippen molar-refractivity contribution in [2.24, 2.45) is 0 Å². The number of nitrogen functional groups attached to an aromatic ring is 1. The molecule has 0 spiro atoms. The molecule has 25 heavy (non-hydrogen) atoms. The summed E-state index contributed by atoms with van der Waals surface area (Å²) in [5, 5.41) is 4.59. The zero-order chi connectivity index (χ0) is 18.3. The lowest BCUT2D eigenvalue weighted by Crippen LogP contribution is -2.37. The Morgan fingerprint density at radius 2 is 1.80 bits per heavy atom. The third-order valence-electron chi connectivity index (χ3n) is 4.32. The van der Waals surface area contributed by atoms with Gasteiger partial charge in [-0.2, -0.15) is 12.6 Å². The second kappa shape index (κ2) is 14.4. The van der Waals surface area contributed by atoms with E-state index in [2.05, 4.69) is 27.7 Å². The van der Waals surface area contributed by atoms with Gasteiger partial charge >= 0.3 is 5.97 Å². The van der Waals surface area contributed by atoms with Gasteiger partial charge in [0.15, 0.2) is 0 Å². The Labute approximate surface area is 161 Å². The van der Waals surface area contributed by atoms with Crippen molar-refractivity contribution in [2.75, 3.05) is 18.1 Å². The van der Waals surface area contributed by atoms with Crippen LogP contribution in [-0.4, -0.2) is 35.4 Å². The van der Waals surface area contributed by atoms with Crippen LogP contribution in [0, 0.1) is 0 Å². The van der Waals surface area contributed by atoms with E-state index < -0.39 is 0 Å². The second-order valence-electron chi connectivity index (χ2n) is 6.35. The van der Waals surface area contributed by atoms with Gasteiger partial charge in [0.05, 0.1) is 24.1 Å². The number of nitrogens with two attached hydrogens (primary N) is 1. The van der Waals surface area contributed by atoms with Gasteiger partial charge in [-0.15, -0.1) is 11.3 Å². The first kappa shape index (κ1) is 22.3. The summed E-state index contributed by atoms with van der Waals surface area (Å²) in [6.45, 7) is 2.21. The SMILES string of the molecule is C1CCC(NC2CCCC2)CC1.CCOC(=O)CS.Nc1cncs1. The van der Waals surface area contributed by atoms with Crippen molar-refractivity contribution in [3.8, 4) is 0 Å². The predicted octanol–water partition coefficient (Wildman–Crippen LogP) is 4.06. The van der Waals surface area contributed by atoms with Gasteiger partial charge in [-0.05, 0) is 32.6 Å². The fraction of sp³-hybridized carbons (Fsp3) is 0.778. The van der Waals surface area contributed by atoms with Gasteiger partial charge in [-0.25, -0.2) is 0 Å². The summed E-state index contributed by atoms with van der Waals surface area (Å²) in [6.07, 6.45) is 14.7. The number of anilines is 1. The number of hydrogen-bond acceptors (Lipinski definition) is 7. The highest BCUT2D eigenvalue weighted by molar-refractivity contribution is 7.81. The number of carbonyl (C=O) groups excluding carboxylic acids is 1. The molecular formula is C18H33N3O2S2. The monoisotopic (exact) mass is 387 g/mol. The van der Waals surface area contributed by atoms with Crippen LogP contribution in [0.15, 0.2) is 11.7 Å². The highest BCUT2D eigenvalue weighted by Gasteiger charge is 2.20. The van der Waals surface area contributed by atoms with E-state index in [0.29, 0.717) is 6.61 Å². The molecule has 3 N–H and O–H groups in total. The van der Waals surface area contributed by atoms with E-state index in [-0.39, 0.29) is 11.7 Å². The topological polar surface area (TPSA) is 77.2 Å². The number of esters is 1. The fourth-order valence-corrected chi connectivity index (χ4v) is 3.58. The molecule has 144 valence electrons. The summed E-state index contributed by atoms with van der Waals surface area (Å²) in [4.78, 5) is 13.8. The Hall–Kier alpha value is -0.790. The van der Waals surface area contributed by atoms with Crippen LogP contribution < -0.4 is 11.1 Å². The molecule has 0 amide bonds. The molecule has 0 bridgehead atoms. The molecular weight excluding hydrogens is 354 g/mol. The molecule has 2 aliphatic carbocycles. The van der Waals surface area contributed by atoms with Crippen LogP contribution in [-0.2, 0) is 9.53 Å². The fourth-order valence-electron chi connectivity index (χ4n) is 3.13. The van der Waals surface area contributed by atoms with Crippen LogP contribution >= 0.6 is 24.0 Å². The molecule has 5 nitrogen and oxygen atoms in total. The number of aromatic nitrogens is 1. The molecule has 1 aromatic heterocycles. The first-order valence-electron chi connectivity index (χ1n) is 9.32. The molecule has 0 radical (unpaired) electrons. The van der Waals surface area contributed by atoms with E-state index in [1.54, 1.807) is 18.6 Å². The summed E-state index contributed by atoms with van der Waals surface area (Å²) >= 11 is 5.12. The summed E-state index contributed by atoms with van der Waals surface area (Å²) in [6, 6.07) is 1.76. The quantitative estimate of drug-likeness (QED) is 0.536. The van der Waals surface area contributed by atoms with Crippen LogP contribution in [0.5, 0.6) is 0 Å². The highest BCUT2D eigenvalue weighted by Crippen LogP contribution is 2.22. The minimum absolute atomic E-state index is 0.174. The minimum atomic E-state index is -0.258. The molecule has 0 unspecified atom stereocenters. The average Bonchev–Trinajstić information content (AvgIpc) is 3.31. The summed E-state index contributed by atoms with van der Waals surface area (Å²) in [5.74, 6) is -0.0840. The molecule has 7 heteroatoms. The lowest BCUT2D eigenvalue weighted by atomic mass is 9.95. The minimum Gasteiger partial charge on any atom is -0.465 e. The van der Waals surface area contributed by atoms with Gasteiger partial charge in [0.2, 0.25) is 0 Å². The lowest BCUT2D eigenvalue weighted by Gasteiger charge is -2.26. The number of thiazole rings is 1. The van der Waals surface area contributed by atoms with Crippen LogP contribution in [0.2, 0.25) is 0 Å². The van der Waals surface area contributed by atoms with Crippen molar-refractivity contribution >= 4 is 34.9 Å². The number of rotatable bonds is 4. The van der Waals surface area contributed by atoms with E-state index in [1.807, 2.05) is 0 Å². The third kappa shape index (κ3) is 11.4. The Kier molecular flexibility index (Phi) is 12.8. The van der Waals surface area contributed by atoms with Crippen LogP contribution in [0.4, 0.5) is 5.00 Å². The Morgan fingerprint density at radius 3 is 2.12 bits per heavy atom. The van der Waals surface area contributed by atoms with Crippen LogP contribution in [0.1, 0.15) is 64.7 Å². The van der Waals surface area contributed by atoms with Gasteiger partial charge in [0.1, 0.15) is 5.00 Å². The van der Waals surface area contributed by atoms with Gasteiger partial charge in [-0.1, -0.05) is 32.1 Å². The average molecular weight is 388 g/mol. The maximum atomic E-state index is 10.1. The lowest BCUT2D eigenvalue weighted by molar-refractivity contribution is -0.139. The molecule has 1 heterocycles. The number of hydrogen-bond donors (Lipinski definition) is 3. The highest BCUT2D eigenvalue weighted by atomic mass is 32.1. The first-order chi connectivity index (χ1) is 12.2. The Morgan fingerprint density at radius 1 is 1.24 bits per heavy atom. The number of carbonyl (C=O) groups is 1. The zero-order valence-electron chi connectivity index (χ0n) is 15.3. The van der Waals surface area contributed by atoms with Crippen molar-refractivity contribution in [1.29, 1.82) is 0 Å². The van der Waals surface area contributed by atoms with Gasteiger partial charge in [0, 0.05) is 12.1 Å². The van der Waals surface area contributed by atoms with Gasteiger partial charge in [-0.3, -0.25) is 9.78 Å². The van der Waals surface area contributed by atoms with Crippen molar-refractivity contribution in [3.05, 3.63) is 11.7 Å². The van der Waals surface area contributed by atoms with Crippen molar-refractivity contribution in [3.63, 3.8) is 0 Å². The second-order valence-corrected chi connectivity index (χ2v) is 7.58. The number of nitrogens with zero attached hydrogens (tertiary/aromatic N) is 1. The summed E-state index contributed by atoms with van der Waals surface area (Å²) in [5.41, 5.74) is 6.94. The molecule has 0 atom stereocenters. The van der Waals surface area contributed by atoms with Crippen molar-refractivity contribution < 1.29 is 9.53 Å². The Balaban J connectivity index is 0.000000206. The number of thiol groups is 1. The van der Waals surface area contributed by atoms with Gasteiger partial charge in [0.25, 0.3) is 0 Å². The number of nitrogens with one attached hydrogen (secondary N) is 1. The summed E-state index contributed by atoms with van der Waals surface area (Å²) < 4.78 is 4.48. The molecule has 0 aliphatic heterocycles. The smallest absolute Gasteiger partial charge is 0.315 e. The molecule has 2 fully saturated rings. The van der Waals surface area contributed by atoms with E-state index >= 15 is 0 Å². The molecule has 3 rings (SSSR count). The largest absolute Gasteiger partial charge is 0.465 e. The van der Waals surface area contributed by atoms with Crippen molar-refractivity contribution in [1.82, 2.24) is 10.3 Å². The standard InChI is InChI=1S/C11H21N.C4H8O2S.C3H4N2S/c1-2-6-10(7-3-1)12-11-8-4-5-9-11;1-2-6-4(5)3-7;4-3-1-5-2-6-3/h10-12H,1-9H2;7H,2-3H2,1H3;1-2H,4H2. The Bertz CT molecular complexity index is 432. The molecule has 0 saturated heterocycles. The first-order valence-corrected chi connectivity index (χ1v) is 10.8. The van der Waals surface area contributed by atoms with Crippen molar-refractivity contribution in [2.45, 2.75) is 76.8 Å². The molecule has 1 aromatic rings. The molecule has 2 saturated carbocycles. The van der Waals surface area contributed by atoms with E-state index in [0.717, 1.165) is 17.1 Å². The van der Waals surface area contributed by atoms with Gasteiger partial charge < -0.3 is 15.8 Å². The summed E-state index contributed by atoms with van der Waals surface area (Å²) in [7, 11) is 0. The molecule has 0 aromatic carbocycles. The number of ether oxygens (including phenoxy) is 1. The normalized spacial score (nSPS) is 17.8. The third-order valence-corrected chi connectivity index (χ3v) is 5.18. The van der Waals surface area contributed by atoms with Crippen LogP contribution in [0.25, 0.3) is 0 Å². The van der Waals surface area contributed by atoms with E-state index in [1.165, 1.54) is 69.1 Å². The zero-order valence-corrected chi connectivity index (χ0v) is 17.0. The molecule has 2 aliphatic rings. The van der Waals surface area contributed by atoms with E-state index in [9.17, 15) is 4.79 Å². The van der Waals surface area contributed by atoms with E-state index in [4.69, 9.17) is 5.73 Å². The maximum Gasteiger partial charge on any atom is 0.315 e. The van der Waals surface area contributed by atoms with Crippen LogP contribution in [0.3, 0.4) is 0 Å².